The second-order valence-electron chi connectivity index (χ2n) is 6.00. The van der Waals surface area contributed by atoms with Gasteiger partial charge in [-0.05, 0) is 36.2 Å². The SMILES string of the molecule is CCc1ccc(C(F)(F)F)c(SCc2c(NC(=O)N(C)N)cccc2OC)c1. The van der Waals surface area contributed by atoms with Crippen LogP contribution in [-0.2, 0) is 18.3 Å². The lowest BCUT2D eigenvalue weighted by Crippen LogP contribution is -2.37. The van der Waals surface area contributed by atoms with Crippen molar-refractivity contribution in [2.75, 3.05) is 19.5 Å². The van der Waals surface area contributed by atoms with E-state index in [2.05, 4.69) is 5.32 Å². The fourth-order valence-corrected chi connectivity index (χ4v) is 3.69. The van der Waals surface area contributed by atoms with Gasteiger partial charge in [0, 0.05) is 23.3 Å². The highest BCUT2D eigenvalue weighted by molar-refractivity contribution is 7.98. The maximum absolute atomic E-state index is 13.4. The number of hydrogen-bond donors (Lipinski definition) is 2. The van der Waals surface area contributed by atoms with Crippen molar-refractivity contribution in [2.45, 2.75) is 30.2 Å². The third kappa shape index (κ3) is 5.32. The zero-order valence-electron chi connectivity index (χ0n) is 15.8. The van der Waals surface area contributed by atoms with Crippen LogP contribution in [0.4, 0.5) is 23.7 Å². The number of anilines is 1. The van der Waals surface area contributed by atoms with Crippen molar-refractivity contribution < 1.29 is 22.7 Å². The molecule has 0 bridgehead atoms. The summed E-state index contributed by atoms with van der Waals surface area (Å²) in [5, 5.41) is 3.51. The molecule has 9 heteroatoms. The summed E-state index contributed by atoms with van der Waals surface area (Å²) >= 11 is 1.04. The molecule has 2 amide bonds. The molecule has 0 fully saturated rings. The lowest BCUT2D eigenvalue weighted by atomic mass is 10.1. The van der Waals surface area contributed by atoms with E-state index < -0.39 is 17.8 Å². The molecular formula is C19H22F3N3O2S. The summed E-state index contributed by atoms with van der Waals surface area (Å²) in [6, 6.07) is 8.60. The Balaban J connectivity index is 2.37. The van der Waals surface area contributed by atoms with Crippen molar-refractivity contribution in [3.63, 3.8) is 0 Å². The van der Waals surface area contributed by atoms with E-state index in [4.69, 9.17) is 10.6 Å². The van der Waals surface area contributed by atoms with Gasteiger partial charge >= 0.3 is 12.2 Å². The summed E-state index contributed by atoms with van der Waals surface area (Å²) in [4.78, 5) is 12.0. The molecule has 0 aliphatic carbocycles. The zero-order chi connectivity index (χ0) is 20.9. The Kier molecular flexibility index (Phi) is 7.20. The highest BCUT2D eigenvalue weighted by Crippen LogP contribution is 2.40. The van der Waals surface area contributed by atoms with Crippen LogP contribution in [0.1, 0.15) is 23.6 Å². The van der Waals surface area contributed by atoms with Crippen molar-refractivity contribution in [3.05, 3.63) is 53.1 Å². The van der Waals surface area contributed by atoms with Crippen molar-refractivity contribution >= 4 is 23.5 Å². The second-order valence-corrected chi connectivity index (χ2v) is 7.02. The Morgan fingerprint density at radius 3 is 2.57 bits per heavy atom. The van der Waals surface area contributed by atoms with Crippen molar-refractivity contribution in [3.8, 4) is 5.75 Å². The molecule has 0 heterocycles. The third-order valence-electron chi connectivity index (χ3n) is 4.05. The van der Waals surface area contributed by atoms with Gasteiger partial charge < -0.3 is 10.1 Å². The number of alkyl halides is 3. The normalized spacial score (nSPS) is 11.2. The number of ether oxygens (including phenoxy) is 1. The predicted octanol–water partition coefficient (Wildman–Crippen LogP) is 4.91. The number of hydrazine groups is 1. The first kappa shape index (κ1) is 21.9. The van der Waals surface area contributed by atoms with Crippen molar-refractivity contribution in [1.82, 2.24) is 5.01 Å². The number of carbonyl (C=O) groups excluding carboxylic acids is 1. The number of amides is 2. The van der Waals surface area contributed by atoms with Crippen molar-refractivity contribution in [1.29, 1.82) is 0 Å². The minimum Gasteiger partial charge on any atom is -0.496 e. The van der Waals surface area contributed by atoms with Gasteiger partial charge in [-0.2, -0.15) is 13.2 Å². The van der Waals surface area contributed by atoms with Gasteiger partial charge in [0.1, 0.15) is 5.75 Å². The van der Waals surface area contributed by atoms with Crippen LogP contribution >= 0.6 is 11.8 Å². The van der Waals surface area contributed by atoms with Gasteiger partial charge in [-0.15, -0.1) is 11.8 Å². The average Bonchev–Trinajstić information content (AvgIpc) is 2.65. The molecule has 28 heavy (non-hydrogen) atoms. The van der Waals surface area contributed by atoms with Gasteiger partial charge in [0.25, 0.3) is 0 Å². The van der Waals surface area contributed by atoms with E-state index >= 15 is 0 Å². The first-order chi connectivity index (χ1) is 13.2. The topological polar surface area (TPSA) is 67.6 Å². The molecule has 0 unspecified atom stereocenters. The molecule has 0 aliphatic heterocycles. The smallest absolute Gasteiger partial charge is 0.417 e. The zero-order valence-corrected chi connectivity index (χ0v) is 16.6. The second kappa shape index (κ2) is 9.20. The van der Waals surface area contributed by atoms with E-state index in [1.165, 1.54) is 20.2 Å². The molecule has 5 nitrogen and oxygen atoms in total. The fraction of sp³-hybridized carbons (Fsp3) is 0.316. The van der Waals surface area contributed by atoms with E-state index in [-0.39, 0.29) is 10.6 Å². The lowest BCUT2D eigenvalue weighted by molar-refractivity contribution is -0.139. The number of methoxy groups -OCH3 is 1. The quantitative estimate of drug-likeness (QED) is 0.306. The lowest BCUT2D eigenvalue weighted by Gasteiger charge is -2.18. The number of halogens is 3. The van der Waals surface area contributed by atoms with E-state index in [0.717, 1.165) is 28.4 Å². The van der Waals surface area contributed by atoms with Gasteiger partial charge in [0.2, 0.25) is 0 Å². The van der Waals surface area contributed by atoms with Crippen LogP contribution in [-0.4, -0.2) is 25.2 Å². The molecule has 0 atom stereocenters. The molecule has 0 radical (unpaired) electrons. The molecule has 0 saturated heterocycles. The standard InChI is InChI=1S/C19H22F3N3O2S/c1-4-12-8-9-14(19(20,21)22)17(10-12)28-11-13-15(24-18(26)25(2)23)6-5-7-16(13)27-3/h5-10H,4,11,23H2,1-3H3,(H,24,26). The van der Waals surface area contributed by atoms with Crippen LogP contribution in [0.25, 0.3) is 0 Å². The van der Waals surface area contributed by atoms with E-state index in [0.29, 0.717) is 23.4 Å². The van der Waals surface area contributed by atoms with Crippen LogP contribution in [0.3, 0.4) is 0 Å². The number of thioether (sulfide) groups is 1. The number of nitrogens with one attached hydrogen (secondary N) is 1. The van der Waals surface area contributed by atoms with Gasteiger partial charge in [-0.3, -0.25) is 5.01 Å². The molecule has 0 saturated carbocycles. The molecule has 2 aromatic rings. The first-order valence-electron chi connectivity index (χ1n) is 8.45. The van der Waals surface area contributed by atoms with Crippen molar-refractivity contribution in [2.24, 2.45) is 5.84 Å². The number of rotatable bonds is 6. The van der Waals surface area contributed by atoms with E-state index in [1.54, 1.807) is 24.3 Å². The van der Waals surface area contributed by atoms with E-state index in [1.807, 2.05) is 6.92 Å². The molecule has 3 N–H and O–H groups in total. The summed E-state index contributed by atoms with van der Waals surface area (Å²) in [5.41, 5.74) is 1.13. The Morgan fingerprint density at radius 2 is 2.00 bits per heavy atom. The molecule has 0 spiro atoms. The van der Waals surface area contributed by atoms with E-state index in [9.17, 15) is 18.0 Å². The average molecular weight is 413 g/mol. The number of urea groups is 1. The van der Waals surface area contributed by atoms with Crippen LogP contribution in [0.5, 0.6) is 5.75 Å². The number of aryl methyl sites for hydroxylation is 1. The van der Waals surface area contributed by atoms with Crippen LogP contribution in [0, 0.1) is 0 Å². The predicted molar refractivity (Wildman–Crippen MR) is 104 cm³/mol. The maximum atomic E-state index is 13.4. The van der Waals surface area contributed by atoms with Gasteiger partial charge in [0.15, 0.2) is 0 Å². The summed E-state index contributed by atoms with van der Waals surface area (Å²) in [6.45, 7) is 1.88. The minimum atomic E-state index is -4.45. The number of nitrogens with zero attached hydrogens (tertiary/aromatic N) is 1. The number of carbonyl (C=O) groups is 1. The van der Waals surface area contributed by atoms with Gasteiger partial charge in [-0.1, -0.05) is 19.1 Å². The molecular weight excluding hydrogens is 391 g/mol. The number of hydrogen-bond acceptors (Lipinski definition) is 4. The third-order valence-corrected chi connectivity index (χ3v) is 5.13. The van der Waals surface area contributed by atoms with Crippen LogP contribution in [0.15, 0.2) is 41.3 Å². The van der Waals surface area contributed by atoms with Gasteiger partial charge in [0.05, 0.1) is 18.4 Å². The highest BCUT2D eigenvalue weighted by Gasteiger charge is 2.33. The molecule has 0 aliphatic rings. The van der Waals surface area contributed by atoms with Gasteiger partial charge in [-0.25, -0.2) is 10.6 Å². The summed E-state index contributed by atoms with van der Waals surface area (Å²) < 4.78 is 45.5. The first-order valence-corrected chi connectivity index (χ1v) is 9.44. The molecule has 2 rings (SSSR count). The minimum absolute atomic E-state index is 0.131. The number of benzene rings is 2. The summed E-state index contributed by atoms with van der Waals surface area (Å²) in [7, 11) is 2.85. The Bertz CT molecular complexity index is 842. The largest absolute Gasteiger partial charge is 0.496 e. The Morgan fingerprint density at radius 1 is 1.29 bits per heavy atom. The molecule has 152 valence electrons. The summed E-state index contributed by atoms with van der Waals surface area (Å²) in [5.74, 6) is 6.06. The van der Waals surface area contributed by atoms with Crippen LogP contribution < -0.4 is 15.9 Å². The number of nitrogens with two attached hydrogens (primary N) is 1. The highest BCUT2D eigenvalue weighted by atomic mass is 32.2. The Labute approximate surface area is 166 Å². The maximum Gasteiger partial charge on any atom is 0.417 e. The fourth-order valence-electron chi connectivity index (χ4n) is 2.52. The Hall–Kier alpha value is -2.39. The molecule has 0 aromatic heterocycles. The van der Waals surface area contributed by atoms with Crippen LogP contribution in [0.2, 0.25) is 0 Å². The molecule has 2 aromatic carbocycles. The monoisotopic (exact) mass is 413 g/mol. The summed E-state index contributed by atoms with van der Waals surface area (Å²) in [6.07, 6.45) is -3.82.